The number of halogens is 1. The number of carbonyl (C=O) groups is 1. The van der Waals surface area contributed by atoms with Gasteiger partial charge in [-0.3, -0.25) is 4.79 Å². The molecular weight excluding hydrogens is 405 g/mol. The van der Waals surface area contributed by atoms with Crippen LogP contribution in [-0.2, 0) is 5.75 Å². The second-order valence-corrected chi connectivity index (χ2v) is 8.97. The van der Waals surface area contributed by atoms with Crippen molar-refractivity contribution in [2.45, 2.75) is 23.6 Å². The van der Waals surface area contributed by atoms with Crippen molar-refractivity contribution in [2.75, 3.05) is 20.6 Å². The second-order valence-electron chi connectivity index (χ2n) is 6.89. The first kappa shape index (κ1) is 21.5. The molecule has 1 heterocycles. The number of thioether (sulfide) groups is 1. The Bertz CT molecular complexity index is 974. The van der Waals surface area contributed by atoms with Gasteiger partial charge in [0.2, 0.25) is 0 Å². The quantitative estimate of drug-likeness (QED) is 0.517. The molecule has 3 aromatic rings. The molecule has 0 radical (unpaired) electrons. The van der Waals surface area contributed by atoms with Crippen LogP contribution in [0, 0.1) is 12.7 Å². The van der Waals surface area contributed by atoms with Gasteiger partial charge in [0.25, 0.3) is 5.91 Å². The normalized spacial score (nSPS) is 12.2. The first-order valence-corrected chi connectivity index (χ1v) is 11.1. The van der Waals surface area contributed by atoms with Crippen molar-refractivity contribution >= 4 is 29.0 Å². The van der Waals surface area contributed by atoms with Gasteiger partial charge in [-0.05, 0) is 50.8 Å². The van der Waals surface area contributed by atoms with Crippen molar-refractivity contribution in [3.8, 4) is 0 Å². The zero-order valence-electron chi connectivity index (χ0n) is 16.7. The van der Waals surface area contributed by atoms with E-state index in [4.69, 9.17) is 0 Å². The zero-order chi connectivity index (χ0) is 20.8. The highest BCUT2D eigenvalue weighted by Gasteiger charge is 2.18. The lowest BCUT2D eigenvalue weighted by Gasteiger charge is -2.25. The molecule has 0 aliphatic carbocycles. The Hall–Kier alpha value is -2.22. The highest BCUT2D eigenvalue weighted by molar-refractivity contribution is 7.98. The third-order valence-corrected chi connectivity index (χ3v) is 6.42. The monoisotopic (exact) mass is 429 g/mol. The van der Waals surface area contributed by atoms with E-state index in [9.17, 15) is 9.18 Å². The predicted molar refractivity (Wildman–Crippen MR) is 118 cm³/mol. The van der Waals surface area contributed by atoms with E-state index < -0.39 is 0 Å². The average molecular weight is 430 g/mol. The SMILES string of the molecule is Cc1nc(CSc2ccccc2C(=O)NCC(c2cccc(F)c2)N(C)C)cs1. The fourth-order valence-corrected chi connectivity index (χ4v) is 4.66. The summed E-state index contributed by atoms with van der Waals surface area (Å²) >= 11 is 3.23. The molecule has 3 rings (SSSR count). The molecule has 1 amide bonds. The lowest BCUT2D eigenvalue weighted by molar-refractivity contribution is 0.0939. The van der Waals surface area contributed by atoms with Gasteiger partial charge in [-0.2, -0.15) is 0 Å². The molecule has 1 aromatic heterocycles. The van der Waals surface area contributed by atoms with Crippen LogP contribution in [0.2, 0.25) is 0 Å². The number of nitrogens with one attached hydrogen (secondary N) is 1. The Kier molecular flexibility index (Phi) is 7.41. The van der Waals surface area contributed by atoms with Crippen LogP contribution in [0.25, 0.3) is 0 Å². The van der Waals surface area contributed by atoms with Gasteiger partial charge < -0.3 is 10.2 Å². The Morgan fingerprint density at radius 3 is 2.72 bits per heavy atom. The first-order chi connectivity index (χ1) is 13.9. The molecule has 0 aliphatic rings. The predicted octanol–water partition coefficient (Wildman–Crippen LogP) is 4.92. The van der Waals surface area contributed by atoms with Gasteiger partial charge in [0.15, 0.2) is 0 Å². The molecule has 29 heavy (non-hydrogen) atoms. The van der Waals surface area contributed by atoms with E-state index in [0.29, 0.717) is 12.1 Å². The molecule has 4 nitrogen and oxygen atoms in total. The summed E-state index contributed by atoms with van der Waals surface area (Å²) < 4.78 is 13.6. The molecule has 0 aliphatic heterocycles. The van der Waals surface area contributed by atoms with Crippen molar-refractivity contribution in [1.82, 2.24) is 15.2 Å². The van der Waals surface area contributed by atoms with Crippen LogP contribution in [0.3, 0.4) is 0 Å². The molecule has 1 unspecified atom stereocenters. The fraction of sp³-hybridized carbons (Fsp3) is 0.273. The van der Waals surface area contributed by atoms with Crippen LogP contribution in [0.15, 0.2) is 58.8 Å². The number of nitrogens with zero attached hydrogens (tertiary/aromatic N) is 2. The number of hydrogen-bond acceptors (Lipinski definition) is 5. The Labute approximate surface area is 179 Å². The lowest BCUT2D eigenvalue weighted by atomic mass is 10.1. The maximum Gasteiger partial charge on any atom is 0.252 e. The lowest BCUT2D eigenvalue weighted by Crippen LogP contribution is -2.34. The minimum absolute atomic E-state index is 0.118. The highest BCUT2D eigenvalue weighted by atomic mass is 32.2. The summed E-state index contributed by atoms with van der Waals surface area (Å²) in [5, 5.41) is 6.10. The molecular formula is C22H24FN3OS2. The highest BCUT2D eigenvalue weighted by Crippen LogP contribution is 2.27. The standard InChI is InChI=1S/C22H24FN3OS2/c1-15-25-18(13-28-15)14-29-21-10-5-4-9-19(21)22(27)24-12-20(26(2)3)16-7-6-8-17(23)11-16/h4-11,13,20H,12,14H2,1-3H3,(H,24,27). The van der Waals surface area contributed by atoms with Crippen LogP contribution < -0.4 is 5.32 Å². The number of rotatable bonds is 8. The maximum atomic E-state index is 13.6. The Morgan fingerprint density at radius 2 is 2.03 bits per heavy atom. The van der Waals surface area contributed by atoms with Gasteiger partial charge in [0.05, 0.1) is 22.3 Å². The molecule has 0 spiro atoms. The van der Waals surface area contributed by atoms with E-state index in [1.807, 2.05) is 61.6 Å². The van der Waals surface area contributed by atoms with Crippen molar-refractivity contribution in [2.24, 2.45) is 0 Å². The molecule has 2 aromatic carbocycles. The van der Waals surface area contributed by atoms with Crippen molar-refractivity contribution in [1.29, 1.82) is 0 Å². The van der Waals surface area contributed by atoms with Crippen LogP contribution in [-0.4, -0.2) is 36.4 Å². The third kappa shape index (κ3) is 5.88. The minimum Gasteiger partial charge on any atom is -0.350 e. The summed E-state index contributed by atoms with van der Waals surface area (Å²) in [6.45, 7) is 2.37. The fourth-order valence-electron chi connectivity index (χ4n) is 3.00. The number of benzene rings is 2. The summed E-state index contributed by atoms with van der Waals surface area (Å²) in [5.41, 5.74) is 2.49. The molecule has 0 fully saturated rings. The van der Waals surface area contributed by atoms with E-state index in [1.165, 1.54) is 12.1 Å². The first-order valence-electron chi connectivity index (χ1n) is 9.27. The number of aromatic nitrogens is 1. The number of hydrogen-bond donors (Lipinski definition) is 1. The molecule has 152 valence electrons. The van der Waals surface area contributed by atoms with Gasteiger partial charge in [-0.15, -0.1) is 23.1 Å². The summed E-state index contributed by atoms with van der Waals surface area (Å²) in [6.07, 6.45) is 0. The zero-order valence-corrected chi connectivity index (χ0v) is 18.3. The van der Waals surface area contributed by atoms with Gasteiger partial charge >= 0.3 is 0 Å². The summed E-state index contributed by atoms with van der Waals surface area (Å²) in [5.74, 6) is 0.309. The van der Waals surface area contributed by atoms with Crippen LogP contribution >= 0.6 is 23.1 Å². The summed E-state index contributed by atoms with van der Waals surface area (Å²) in [7, 11) is 3.84. The topological polar surface area (TPSA) is 45.2 Å². The Balaban J connectivity index is 1.68. The second kappa shape index (κ2) is 10.0. The van der Waals surface area contributed by atoms with Crippen LogP contribution in [0.4, 0.5) is 4.39 Å². The Morgan fingerprint density at radius 1 is 1.24 bits per heavy atom. The number of amides is 1. The van der Waals surface area contributed by atoms with Crippen molar-refractivity contribution < 1.29 is 9.18 Å². The van der Waals surface area contributed by atoms with E-state index >= 15 is 0 Å². The van der Waals surface area contributed by atoms with Crippen LogP contribution in [0.5, 0.6) is 0 Å². The molecule has 0 saturated heterocycles. The van der Waals surface area contributed by atoms with E-state index in [2.05, 4.69) is 10.3 Å². The van der Waals surface area contributed by atoms with Gasteiger partial charge in [0, 0.05) is 22.6 Å². The number of thiazole rings is 1. The van der Waals surface area contributed by atoms with Crippen LogP contribution in [0.1, 0.15) is 32.7 Å². The molecule has 1 N–H and O–H groups in total. The van der Waals surface area contributed by atoms with E-state index in [1.54, 1.807) is 29.2 Å². The van der Waals surface area contributed by atoms with Gasteiger partial charge in [-0.1, -0.05) is 24.3 Å². The van der Waals surface area contributed by atoms with Gasteiger partial charge in [-0.25, -0.2) is 9.37 Å². The molecule has 0 bridgehead atoms. The van der Waals surface area contributed by atoms with Crippen molar-refractivity contribution in [3.05, 3.63) is 81.6 Å². The molecule has 0 saturated carbocycles. The molecule has 1 atom stereocenters. The number of likely N-dealkylation sites (N-methyl/N-ethyl adjacent to an activating group) is 1. The third-order valence-electron chi connectivity index (χ3n) is 4.49. The van der Waals surface area contributed by atoms with E-state index in [0.717, 1.165) is 26.9 Å². The maximum absolute atomic E-state index is 13.6. The minimum atomic E-state index is -0.278. The number of carbonyl (C=O) groups excluding carboxylic acids is 1. The largest absolute Gasteiger partial charge is 0.350 e. The smallest absolute Gasteiger partial charge is 0.252 e. The average Bonchev–Trinajstić information content (AvgIpc) is 3.11. The van der Waals surface area contributed by atoms with E-state index in [-0.39, 0.29) is 17.8 Å². The van der Waals surface area contributed by atoms with Crippen molar-refractivity contribution in [3.63, 3.8) is 0 Å². The van der Waals surface area contributed by atoms with Gasteiger partial charge in [0.1, 0.15) is 5.82 Å². The summed E-state index contributed by atoms with van der Waals surface area (Å²) in [6, 6.07) is 14.0. The number of aryl methyl sites for hydroxylation is 1. The molecule has 7 heteroatoms. The summed E-state index contributed by atoms with van der Waals surface area (Å²) in [4.78, 5) is 20.2.